The first-order chi connectivity index (χ1) is 8.58. The number of carboxylic acids is 1. The zero-order valence-electron chi connectivity index (χ0n) is 9.76. The molecule has 96 valence electrons. The third-order valence-corrected chi connectivity index (χ3v) is 6.76. The summed E-state index contributed by atoms with van der Waals surface area (Å²) in [4.78, 5) is 21.4. The van der Waals surface area contributed by atoms with E-state index < -0.39 is 26.6 Å². The first kappa shape index (κ1) is 13.1. The topological polar surface area (TPSA) is 80.4 Å². The second-order valence-corrected chi connectivity index (χ2v) is 7.87. The van der Waals surface area contributed by atoms with Gasteiger partial charge in [-0.1, -0.05) is 0 Å². The summed E-state index contributed by atoms with van der Waals surface area (Å²) >= 11 is -0.546. The van der Waals surface area contributed by atoms with Crippen LogP contribution in [0.3, 0.4) is 0 Å². The molecule has 0 spiro atoms. The molecule has 1 aliphatic carbocycles. The van der Waals surface area contributed by atoms with Crippen molar-refractivity contribution in [2.45, 2.75) is 30.4 Å². The summed E-state index contributed by atoms with van der Waals surface area (Å²) in [6.07, 6.45) is 4.76. The van der Waals surface area contributed by atoms with Crippen molar-refractivity contribution >= 4 is 31.8 Å². The number of hydrogen-bond donors (Lipinski definition) is 1. The summed E-state index contributed by atoms with van der Waals surface area (Å²) in [6.45, 7) is 0. The SMILES string of the molecule is O=C(O)c1ccc([AsH]C2CCCC2)c([N+](=O)[O-])c1. The Hall–Kier alpha value is -1.35. The van der Waals surface area contributed by atoms with Gasteiger partial charge in [0.2, 0.25) is 0 Å². The Morgan fingerprint density at radius 1 is 1.39 bits per heavy atom. The van der Waals surface area contributed by atoms with Crippen LogP contribution in [0.2, 0.25) is 4.71 Å². The van der Waals surface area contributed by atoms with Crippen LogP contribution in [0.15, 0.2) is 18.2 Å². The van der Waals surface area contributed by atoms with Gasteiger partial charge in [0.1, 0.15) is 0 Å². The molecule has 1 aromatic carbocycles. The molecule has 1 N–H and O–H groups in total. The third-order valence-electron chi connectivity index (χ3n) is 3.16. The Bertz CT molecular complexity index is 483. The third kappa shape index (κ3) is 2.90. The number of nitro benzene ring substituents is 1. The van der Waals surface area contributed by atoms with E-state index in [1.54, 1.807) is 6.07 Å². The van der Waals surface area contributed by atoms with Crippen molar-refractivity contribution in [2.24, 2.45) is 0 Å². The van der Waals surface area contributed by atoms with E-state index in [1.165, 1.54) is 25.0 Å². The van der Waals surface area contributed by atoms with Gasteiger partial charge in [0.15, 0.2) is 0 Å². The molecule has 0 amide bonds. The molecule has 0 saturated heterocycles. The Morgan fingerprint density at radius 3 is 2.61 bits per heavy atom. The van der Waals surface area contributed by atoms with Crippen molar-refractivity contribution in [2.75, 3.05) is 0 Å². The molecule has 5 nitrogen and oxygen atoms in total. The van der Waals surface area contributed by atoms with Crippen molar-refractivity contribution in [3.05, 3.63) is 33.9 Å². The molecule has 1 aromatic rings. The Morgan fingerprint density at radius 2 is 2.06 bits per heavy atom. The van der Waals surface area contributed by atoms with Gasteiger partial charge in [-0.25, -0.2) is 0 Å². The predicted molar refractivity (Wildman–Crippen MR) is 69.1 cm³/mol. The van der Waals surface area contributed by atoms with Gasteiger partial charge in [-0.3, -0.25) is 0 Å². The molecule has 6 heteroatoms. The van der Waals surface area contributed by atoms with Crippen LogP contribution in [0.5, 0.6) is 0 Å². The first-order valence-corrected chi connectivity index (χ1v) is 8.12. The van der Waals surface area contributed by atoms with Gasteiger partial charge in [0, 0.05) is 0 Å². The van der Waals surface area contributed by atoms with Crippen molar-refractivity contribution in [1.82, 2.24) is 0 Å². The molecule has 0 aliphatic heterocycles. The molecule has 0 radical (unpaired) electrons. The van der Waals surface area contributed by atoms with Crippen molar-refractivity contribution < 1.29 is 14.8 Å². The zero-order valence-corrected chi connectivity index (χ0v) is 11.9. The summed E-state index contributed by atoms with van der Waals surface area (Å²) in [5, 5.41) is 19.9. The van der Waals surface area contributed by atoms with Crippen LogP contribution in [0, 0.1) is 10.1 Å². The molecule has 1 unspecified atom stereocenters. The summed E-state index contributed by atoms with van der Waals surface area (Å²) in [7, 11) is 0. The molecular weight excluding hydrogens is 297 g/mol. The standard InChI is InChI=1S/C12H14AsNO4/c15-12(16)8-5-6-10(11(7-8)14(17)18)13-9-3-1-2-4-9/h5-7,9,13H,1-4H2,(H,15,16). The Labute approximate surface area is 111 Å². The minimum absolute atomic E-state index is 0.0107. The second-order valence-electron chi connectivity index (χ2n) is 4.42. The zero-order chi connectivity index (χ0) is 13.1. The number of hydrogen-bond acceptors (Lipinski definition) is 3. The molecule has 18 heavy (non-hydrogen) atoms. The van der Waals surface area contributed by atoms with Gasteiger partial charge < -0.3 is 0 Å². The number of carboxylic acid groups (broad SMARTS) is 1. The van der Waals surface area contributed by atoms with Gasteiger partial charge >= 0.3 is 111 Å². The van der Waals surface area contributed by atoms with Crippen LogP contribution < -0.4 is 4.35 Å². The van der Waals surface area contributed by atoms with Crippen LogP contribution >= 0.6 is 0 Å². The van der Waals surface area contributed by atoms with Crippen LogP contribution in [0.1, 0.15) is 36.0 Å². The summed E-state index contributed by atoms with van der Waals surface area (Å²) < 4.78 is 1.40. The molecule has 1 fully saturated rings. The van der Waals surface area contributed by atoms with Gasteiger partial charge in [-0.05, 0) is 0 Å². The maximum atomic E-state index is 11.0. The van der Waals surface area contributed by atoms with E-state index in [-0.39, 0.29) is 11.3 Å². The molecule has 2 rings (SSSR count). The molecular formula is C12H14AsNO4. The van der Waals surface area contributed by atoms with Gasteiger partial charge in [0.25, 0.3) is 0 Å². The van der Waals surface area contributed by atoms with E-state index in [1.807, 2.05) is 0 Å². The number of nitro groups is 1. The van der Waals surface area contributed by atoms with E-state index >= 15 is 0 Å². The maximum absolute atomic E-state index is 11.0. The predicted octanol–water partition coefficient (Wildman–Crippen LogP) is 1.72. The molecule has 0 bridgehead atoms. The Kier molecular flexibility index (Phi) is 4.02. The Balaban J connectivity index is 2.28. The number of benzene rings is 1. The average molecular weight is 311 g/mol. The van der Waals surface area contributed by atoms with Crippen molar-refractivity contribution in [3.63, 3.8) is 0 Å². The first-order valence-electron chi connectivity index (χ1n) is 5.86. The van der Waals surface area contributed by atoms with Crippen LogP contribution in [-0.4, -0.2) is 31.8 Å². The quantitative estimate of drug-likeness (QED) is 0.521. The van der Waals surface area contributed by atoms with Crippen LogP contribution in [0.25, 0.3) is 0 Å². The molecule has 1 aliphatic rings. The number of nitrogens with zero attached hydrogens (tertiary/aromatic N) is 1. The minimum atomic E-state index is -1.12. The molecule has 0 aromatic heterocycles. The van der Waals surface area contributed by atoms with E-state index in [0.29, 0.717) is 4.71 Å². The molecule has 1 atom stereocenters. The van der Waals surface area contributed by atoms with Gasteiger partial charge in [-0.2, -0.15) is 0 Å². The van der Waals surface area contributed by atoms with Crippen molar-refractivity contribution in [3.8, 4) is 0 Å². The fraction of sp³-hybridized carbons (Fsp3) is 0.417. The van der Waals surface area contributed by atoms with E-state index in [2.05, 4.69) is 0 Å². The number of aromatic carboxylic acids is 1. The van der Waals surface area contributed by atoms with Gasteiger partial charge in [-0.15, -0.1) is 0 Å². The van der Waals surface area contributed by atoms with Gasteiger partial charge in [0.05, 0.1) is 0 Å². The fourth-order valence-corrected chi connectivity index (χ4v) is 5.64. The molecule has 0 heterocycles. The number of rotatable bonds is 4. The second kappa shape index (κ2) is 5.53. The monoisotopic (exact) mass is 311 g/mol. The van der Waals surface area contributed by atoms with Crippen LogP contribution in [-0.2, 0) is 0 Å². The van der Waals surface area contributed by atoms with E-state index in [9.17, 15) is 14.9 Å². The molecule has 1 saturated carbocycles. The summed E-state index contributed by atoms with van der Waals surface area (Å²) in [5.41, 5.74) is -0.0229. The average Bonchev–Trinajstić information content (AvgIpc) is 2.81. The summed E-state index contributed by atoms with van der Waals surface area (Å²) in [5.74, 6) is -1.12. The van der Waals surface area contributed by atoms with Crippen LogP contribution in [0.4, 0.5) is 5.69 Å². The fourth-order valence-electron chi connectivity index (χ4n) is 2.23. The van der Waals surface area contributed by atoms with E-state index in [0.717, 1.165) is 17.2 Å². The number of carbonyl (C=O) groups is 1. The van der Waals surface area contributed by atoms with Crippen molar-refractivity contribution in [1.29, 1.82) is 0 Å². The normalized spacial score (nSPS) is 16.4. The van der Waals surface area contributed by atoms with E-state index in [4.69, 9.17) is 5.11 Å². The summed E-state index contributed by atoms with van der Waals surface area (Å²) in [6, 6.07) is 4.30.